The molecular formula is C26H23N4O6S-. The first-order chi connectivity index (χ1) is 17.9. The van der Waals surface area contributed by atoms with Crippen molar-refractivity contribution in [2.75, 3.05) is 12.4 Å². The van der Waals surface area contributed by atoms with Crippen LogP contribution in [0.2, 0.25) is 0 Å². The lowest BCUT2D eigenvalue weighted by molar-refractivity contribution is 0.0992. The summed E-state index contributed by atoms with van der Waals surface area (Å²) in [5.41, 5.74) is 3.08. The van der Waals surface area contributed by atoms with Crippen LogP contribution in [-0.4, -0.2) is 31.4 Å². The van der Waals surface area contributed by atoms with E-state index in [-0.39, 0.29) is 29.0 Å². The molecule has 11 heteroatoms. The smallest absolute Gasteiger partial charge is 0.291 e. The second kappa shape index (κ2) is 10.3. The molecule has 1 aliphatic rings. The van der Waals surface area contributed by atoms with Gasteiger partial charge in [0.2, 0.25) is 15.9 Å². The first-order valence-electron chi connectivity index (χ1n) is 11.5. The van der Waals surface area contributed by atoms with Crippen molar-refractivity contribution in [2.45, 2.75) is 30.8 Å². The van der Waals surface area contributed by atoms with Gasteiger partial charge in [-0.15, -0.1) is 0 Å². The summed E-state index contributed by atoms with van der Waals surface area (Å²) in [7, 11) is -2.63. The maximum atomic E-state index is 12.6. The van der Waals surface area contributed by atoms with E-state index in [4.69, 9.17) is 13.9 Å². The van der Waals surface area contributed by atoms with Crippen molar-refractivity contribution in [2.24, 2.45) is 0 Å². The number of ether oxygens (including phenoxy) is 2. The Bertz CT molecular complexity index is 1530. The number of anilines is 1. The maximum absolute atomic E-state index is 12.6. The van der Waals surface area contributed by atoms with Crippen LogP contribution in [0.5, 0.6) is 11.6 Å². The van der Waals surface area contributed by atoms with Crippen molar-refractivity contribution in [1.82, 2.24) is 9.97 Å². The zero-order valence-electron chi connectivity index (χ0n) is 19.9. The van der Waals surface area contributed by atoms with E-state index < -0.39 is 15.9 Å². The van der Waals surface area contributed by atoms with Gasteiger partial charge >= 0.3 is 0 Å². The van der Waals surface area contributed by atoms with E-state index >= 15 is 0 Å². The van der Waals surface area contributed by atoms with E-state index in [1.54, 1.807) is 12.1 Å². The average molecular weight is 520 g/mol. The van der Waals surface area contributed by atoms with Gasteiger partial charge in [0.1, 0.15) is 18.1 Å². The monoisotopic (exact) mass is 519 g/mol. The Labute approximate surface area is 213 Å². The maximum Gasteiger partial charge on any atom is 0.291 e. The number of rotatable bonds is 9. The molecule has 0 bridgehead atoms. The van der Waals surface area contributed by atoms with Crippen LogP contribution < -0.4 is 14.8 Å². The highest BCUT2D eigenvalue weighted by atomic mass is 32.2. The highest BCUT2D eigenvalue weighted by molar-refractivity contribution is 7.94. The minimum Gasteiger partial charge on any atom is -0.486 e. The summed E-state index contributed by atoms with van der Waals surface area (Å²) in [6.07, 6.45) is 4.50. The zero-order chi connectivity index (χ0) is 25.8. The topological polar surface area (TPSA) is 135 Å². The molecule has 0 radical (unpaired) electrons. The number of benzene rings is 2. The average Bonchev–Trinajstić information content (AvgIpc) is 3.57. The Balaban J connectivity index is 1.18. The van der Waals surface area contributed by atoms with Crippen LogP contribution in [-0.2, 0) is 29.5 Å². The molecule has 0 unspecified atom stereocenters. The van der Waals surface area contributed by atoms with Gasteiger partial charge in [0.15, 0.2) is 5.76 Å². The summed E-state index contributed by atoms with van der Waals surface area (Å²) in [6, 6.07) is 16.2. The minimum absolute atomic E-state index is 0.0574. The molecule has 190 valence electrons. The Morgan fingerprint density at radius 1 is 1.03 bits per heavy atom. The molecule has 0 atom stereocenters. The number of fused-ring (bicyclic) bond motifs is 1. The summed E-state index contributed by atoms with van der Waals surface area (Å²) >= 11 is 0. The summed E-state index contributed by atoms with van der Waals surface area (Å²) in [5, 5.41) is 2.68. The lowest BCUT2D eigenvalue weighted by atomic mass is 10.1. The van der Waals surface area contributed by atoms with E-state index in [9.17, 15) is 13.2 Å². The normalized spacial score (nSPS) is 12.6. The fourth-order valence-corrected chi connectivity index (χ4v) is 4.87. The van der Waals surface area contributed by atoms with Crippen LogP contribution >= 0.6 is 0 Å². The molecule has 2 aromatic carbocycles. The number of carbonyl (C=O) groups is 1. The number of hydrogen-bond acceptors (Lipinski definition) is 8. The van der Waals surface area contributed by atoms with Gasteiger partial charge < -0.3 is 28.9 Å². The van der Waals surface area contributed by atoms with Crippen molar-refractivity contribution in [3.63, 3.8) is 0 Å². The highest BCUT2D eigenvalue weighted by Crippen LogP contribution is 2.29. The van der Waals surface area contributed by atoms with Crippen LogP contribution in [0.1, 0.15) is 33.9 Å². The largest absolute Gasteiger partial charge is 0.486 e. The third kappa shape index (κ3) is 5.72. The van der Waals surface area contributed by atoms with Crippen molar-refractivity contribution >= 4 is 27.4 Å². The SMILES string of the molecule is COc1cc([N-]S(=O)(=O)c2ccc(NC(=O)c3ccc(COc4ccc5c(c4)CCC5)o3)cc2)ncn1. The molecule has 37 heavy (non-hydrogen) atoms. The molecule has 2 heterocycles. The van der Waals surface area contributed by atoms with Gasteiger partial charge in [0.05, 0.1) is 12.0 Å². The van der Waals surface area contributed by atoms with Crippen LogP contribution in [0.3, 0.4) is 0 Å². The molecule has 0 saturated carbocycles. The molecule has 0 aliphatic heterocycles. The standard InChI is InChI=1S/C26H24N4O6S/c1-34-25-14-24(27-16-28-25)30-37(32,33)22-10-6-19(7-11-22)29-26(31)23-12-9-21(36-23)15-35-20-8-5-17-3-2-4-18(17)13-20/h5-14,16H,2-4,15H2,1H3,(H2,27,28,29,30,31)/p-1. The highest BCUT2D eigenvalue weighted by Gasteiger charge is 2.15. The van der Waals surface area contributed by atoms with Crippen molar-refractivity contribution < 1.29 is 27.1 Å². The lowest BCUT2D eigenvalue weighted by Gasteiger charge is -2.15. The number of furan rings is 1. The minimum atomic E-state index is -4.03. The number of methoxy groups -OCH3 is 1. The van der Waals surface area contributed by atoms with Crippen LogP contribution in [0, 0.1) is 0 Å². The molecule has 0 saturated heterocycles. The van der Waals surface area contributed by atoms with E-state index in [1.807, 2.05) is 6.07 Å². The number of carbonyl (C=O) groups excluding carboxylic acids is 1. The number of hydrogen-bond donors (Lipinski definition) is 1. The van der Waals surface area contributed by atoms with Gasteiger partial charge in [-0.25, -0.2) is 13.4 Å². The predicted molar refractivity (Wildman–Crippen MR) is 135 cm³/mol. The molecule has 4 aromatic rings. The van der Waals surface area contributed by atoms with Crippen molar-refractivity contribution in [3.05, 3.63) is 94.4 Å². The molecular weight excluding hydrogens is 496 g/mol. The number of amides is 1. The van der Waals surface area contributed by atoms with Crippen LogP contribution in [0.25, 0.3) is 4.72 Å². The summed E-state index contributed by atoms with van der Waals surface area (Å²) in [6.45, 7) is 0.195. The molecule has 1 aliphatic carbocycles. The molecule has 0 fully saturated rings. The molecule has 1 N–H and O–H groups in total. The first-order valence-corrected chi connectivity index (χ1v) is 12.9. The molecule has 1 amide bonds. The van der Waals surface area contributed by atoms with E-state index in [0.29, 0.717) is 11.4 Å². The van der Waals surface area contributed by atoms with Crippen LogP contribution in [0.4, 0.5) is 11.5 Å². The second-order valence-corrected chi connectivity index (χ2v) is 9.91. The zero-order valence-corrected chi connectivity index (χ0v) is 20.7. The van der Waals surface area contributed by atoms with Gasteiger partial charge in [-0.3, -0.25) is 4.79 Å². The molecule has 0 spiro atoms. The van der Waals surface area contributed by atoms with E-state index in [1.165, 1.54) is 55.0 Å². The number of nitrogens with one attached hydrogen (secondary N) is 1. The van der Waals surface area contributed by atoms with Gasteiger partial charge in [0, 0.05) is 12.0 Å². The van der Waals surface area contributed by atoms with E-state index in [0.717, 1.165) is 24.9 Å². The third-order valence-electron chi connectivity index (χ3n) is 5.80. The van der Waals surface area contributed by atoms with Crippen molar-refractivity contribution in [3.8, 4) is 11.6 Å². The number of aryl methyl sites for hydroxylation is 2. The van der Waals surface area contributed by atoms with Gasteiger partial charge in [-0.2, -0.15) is 0 Å². The molecule has 2 aromatic heterocycles. The number of nitrogens with zero attached hydrogens (tertiary/aromatic N) is 3. The quantitative estimate of drug-likeness (QED) is 0.333. The van der Waals surface area contributed by atoms with Crippen molar-refractivity contribution in [1.29, 1.82) is 0 Å². The van der Waals surface area contributed by atoms with Gasteiger partial charge in [-0.1, -0.05) is 6.07 Å². The van der Waals surface area contributed by atoms with Gasteiger partial charge in [0.25, 0.3) is 5.91 Å². The lowest BCUT2D eigenvalue weighted by Crippen LogP contribution is -2.11. The Kier molecular flexibility index (Phi) is 6.78. The molecule has 5 rings (SSSR count). The van der Waals surface area contributed by atoms with Gasteiger partial charge in [-0.05, 0) is 90.8 Å². The Hall–Kier alpha value is -4.38. The fraction of sp³-hybridized carbons (Fsp3) is 0.192. The summed E-state index contributed by atoms with van der Waals surface area (Å²) in [4.78, 5) is 20.2. The number of sulfonamides is 1. The third-order valence-corrected chi connectivity index (χ3v) is 7.09. The molecule has 10 nitrogen and oxygen atoms in total. The summed E-state index contributed by atoms with van der Waals surface area (Å²) < 4.78 is 45.3. The predicted octanol–water partition coefficient (Wildman–Crippen LogP) is 4.79. The Morgan fingerprint density at radius 3 is 2.65 bits per heavy atom. The Morgan fingerprint density at radius 2 is 1.84 bits per heavy atom. The fourth-order valence-electron chi connectivity index (χ4n) is 3.94. The first kappa shape index (κ1) is 24.3. The van der Waals surface area contributed by atoms with Crippen LogP contribution in [0.15, 0.2) is 76.3 Å². The summed E-state index contributed by atoms with van der Waals surface area (Å²) in [5.74, 6) is 1.05. The number of aromatic nitrogens is 2. The van der Waals surface area contributed by atoms with E-state index in [2.05, 4.69) is 32.1 Å². The second-order valence-electron chi connectivity index (χ2n) is 8.30.